The SMILES string of the molecule is CCCOc1ccccc1CCNC(=O)N1CCNC(=O)[C@@H]1CC(=O)NC. The maximum Gasteiger partial charge on any atom is 0.318 e. The van der Waals surface area contributed by atoms with E-state index < -0.39 is 6.04 Å². The van der Waals surface area contributed by atoms with Gasteiger partial charge in [-0.1, -0.05) is 25.1 Å². The molecule has 8 heteroatoms. The van der Waals surface area contributed by atoms with Gasteiger partial charge in [0.2, 0.25) is 11.8 Å². The molecule has 1 aromatic carbocycles. The van der Waals surface area contributed by atoms with E-state index >= 15 is 0 Å². The standard InChI is InChI=1S/C19H28N4O4/c1-3-12-27-16-7-5-4-6-14(16)8-9-22-19(26)23-11-10-21-18(25)15(23)13-17(24)20-2/h4-7,15H,3,8-13H2,1-2H3,(H,20,24)(H,21,25)(H,22,26)/t15-/m0/s1. The molecule has 148 valence electrons. The van der Waals surface area contributed by atoms with Gasteiger partial charge in [0.1, 0.15) is 11.8 Å². The van der Waals surface area contributed by atoms with Crippen molar-refractivity contribution in [3.63, 3.8) is 0 Å². The Hall–Kier alpha value is -2.77. The summed E-state index contributed by atoms with van der Waals surface area (Å²) in [7, 11) is 1.51. The topological polar surface area (TPSA) is 99.8 Å². The highest BCUT2D eigenvalue weighted by Crippen LogP contribution is 2.18. The lowest BCUT2D eigenvalue weighted by Crippen LogP contribution is -2.60. The highest BCUT2D eigenvalue weighted by atomic mass is 16.5. The van der Waals surface area contributed by atoms with E-state index in [-0.39, 0.29) is 24.3 Å². The molecule has 0 bridgehead atoms. The van der Waals surface area contributed by atoms with Crippen molar-refractivity contribution in [2.75, 3.05) is 33.3 Å². The number of ether oxygens (including phenoxy) is 1. The number of urea groups is 1. The van der Waals surface area contributed by atoms with Crippen LogP contribution in [0.5, 0.6) is 5.75 Å². The largest absolute Gasteiger partial charge is 0.493 e. The van der Waals surface area contributed by atoms with E-state index in [2.05, 4.69) is 16.0 Å². The summed E-state index contributed by atoms with van der Waals surface area (Å²) in [5.41, 5.74) is 1.02. The monoisotopic (exact) mass is 376 g/mol. The number of carbonyl (C=O) groups excluding carboxylic acids is 3. The highest BCUT2D eigenvalue weighted by molar-refractivity contribution is 5.92. The minimum atomic E-state index is -0.793. The predicted octanol–water partition coefficient (Wildman–Crippen LogP) is 0.664. The van der Waals surface area contributed by atoms with Gasteiger partial charge in [0.25, 0.3) is 0 Å². The van der Waals surface area contributed by atoms with E-state index in [4.69, 9.17) is 4.74 Å². The zero-order valence-electron chi connectivity index (χ0n) is 15.9. The fraction of sp³-hybridized carbons (Fsp3) is 0.526. The molecular formula is C19H28N4O4. The number of nitrogens with zero attached hydrogens (tertiary/aromatic N) is 1. The molecule has 0 aromatic heterocycles. The number of piperazine rings is 1. The van der Waals surface area contributed by atoms with Crippen molar-refractivity contribution < 1.29 is 19.1 Å². The molecule has 1 aliphatic rings. The number of hydrogen-bond donors (Lipinski definition) is 3. The Labute approximate surface area is 159 Å². The van der Waals surface area contributed by atoms with Gasteiger partial charge < -0.3 is 25.6 Å². The fourth-order valence-electron chi connectivity index (χ4n) is 2.91. The summed E-state index contributed by atoms with van der Waals surface area (Å²) in [4.78, 5) is 37.7. The zero-order chi connectivity index (χ0) is 19.6. The second kappa shape index (κ2) is 10.4. The van der Waals surface area contributed by atoms with E-state index in [1.807, 2.05) is 31.2 Å². The zero-order valence-corrected chi connectivity index (χ0v) is 15.9. The molecular weight excluding hydrogens is 348 g/mol. The first-order valence-corrected chi connectivity index (χ1v) is 9.30. The summed E-state index contributed by atoms with van der Waals surface area (Å²) in [5, 5.41) is 8.03. The van der Waals surface area contributed by atoms with Crippen molar-refractivity contribution in [1.29, 1.82) is 0 Å². The number of amides is 4. The average Bonchev–Trinajstić information content (AvgIpc) is 2.68. The van der Waals surface area contributed by atoms with Gasteiger partial charge in [0.15, 0.2) is 0 Å². The first-order valence-electron chi connectivity index (χ1n) is 9.30. The molecule has 1 aliphatic heterocycles. The van der Waals surface area contributed by atoms with Gasteiger partial charge in [-0.2, -0.15) is 0 Å². The van der Waals surface area contributed by atoms with E-state index in [9.17, 15) is 14.4 Å². The molecule has 27 heavy (non-hydrogen) atoms. The number of benzene rings is 1. The van der Waals surface area contributed by atoms with Crippen LogP contribution in [0.2, 0.25) is 0 Å². The van der Waals surface area contributed by atoms with Crippen LogP contribution in [0.15, 0.2) is 24.3 Å². The van der Waals surface area contributed by atoms with Gasteiger partial charge in [-0.3, -0.25) is 9.59 Å². The summed E-state index contributed by atoms with van der Waals surface area (Å²) in [6.45, 7) is 3.86. The number of carbonyl (C=O) groups is 3. The van der Waals surface area contributed by atoms with Crippen LogP contribution in [0.25, 0.3) is 0 Å². The van der Waals surface area contributed by atoms with E-state index in [1.54, 1.807) is 0 Å². The van der Waals surface area contributed by atoms with Crippen LogP contribution < -0.4 is 20.7 Å². The number of nitrogens with one attached hydrogen (secondary N) is 3. The maximum atomic E-state index is 12.5. The van der Waals surface area contributed by atoms with Gasteiger partial charge in [-0.05, 0) is 24.5 Å². The van der Waals surface area contributed by atoms with E-state index in [1.165, 1.54) is 11.9 Å². The smallest absolute Gasteiger partial charge is 0.318 e. The molecule has 1 heterocycles. The average molecular weight is 376 g/mol. The molecule has 1 atom stereocenters. The molecule has 3 N–H and O–H groups in total. The Morgan fingerprint density at radius 2 is 2.11 bits per heavy atom. The van der Waals surface area contributed by atoms with Crippen molar-refractivity contribution in [3.05, 3.63) is 29.8 Å². The summed E-state index contributed by atoms with van der Waals surface area (Å²) in [5.74, 6) is 0.235. The second-order valence-electron chi connectivity index (χ2n) is 6.32. The molecule has 0 unspecified atom stereocenters. The van der Waals surface area contributed by atoms with Gasteiger partial charge in [0.05, 0.1) is 13.0 Å². The Kier molecular flexibility index (Phi) is 7.91. The van der Waals surface area contributed by atoms with Crippen molar-refractivity contribution in [1.82, 2.24) is 20.9 Å². The third-order valence-corrected chi connectivity index (χ3v) is 4.35. The van der Waals surface area contributed by atoms with Crippen LogP contribution in [-0.4, -0.2) is 62.1 Å². The third-order valence-electron chi connectivity index (χ3n) is 4.35. The second-order valence-corrected chi connectivity index (χ2v) is 6.32. The maximum absolute atomic E-state index is 12.5. The lowest BCUT2D eigenvalue weighted by Gasteiger charge is -2.34. The molecule has 1 aromatic rings. The molecule has 0 radical (unpaired) electrons. The van der Waals surface area contributed by atoms with Crippen LogP contribution >= 0.6 is 0 Å². The summed E-state index contributed by atoms with van der Waals surface area (Å²) >= 11 is 0. The quantitative estimate of drug-likeness (QED) is 0.621. The minimum Gasteiger partial charge on any atom is -0.493 e. The van der Waals surface area contributed by atoms with Gasteiger partial charge in [-0.25, -0.2) is 4.79 Å². The number of para-hydroxylation sites is 1. The van der Waals surface area contributed by atoms with Gasteiger partial charge >= 0.3 is 6.03 Å². The summed E-state index contributed by atoms with van der Waals surface area (Å²) in [6, 6.07) is 6.61. The van der Waals surface area contributed by atoms with Crippen LogP contribution in [0, 0.1) is 0 Å². The molecule has 0 saturated carbocycles. The highest BCUT2D eigenvalue weighted by Gasteiger charge is 2.34. The lowest BCUT2D eigenvalue weighted by atomic mass is 10.1. The molecule has 0 spiro atoms. The lowest BCUT2D eigenvalue weighted by molar-refractivity contribution is -0.132. The van der Waals surface area contributed by atoms with E-state index in [0.29, 0.717) is 32.7 Å². The van der Waals surface area contributed by atoms with Crippen molar-refractivity contribution in [2.45, 2.75) is 32.2 Å². The number of rotatable bonds is 8. The summed E-state index contributed by atoms with van der Waals surface area (Å²) in [6.07, 6.45) is 1.49. The normalized spacial score (nSPS) is 16.4. The molecule has 0 aliphatic carbocycles. The van der Waals surface area contributed by atoms with Crippen LogP contribution in [-0.2, 0) is 16.0 Å². The summed E-state index contributed by atoms with van der Waals surface area (Å²) < 4.78 is 5.73. The van der Waals surface area contributed by atoms with Crippen LogP contribution in [0.3, 0.4) is 0 Å². The molecule has 1 fully saturated rings. The number of hydrogen-bond acceptors (Lipinski definition) is 4. The Bertz CT molecular complexity index is 665. The first kappa shape index (κ1) is 20.5. The molecule has 8 nitrogen and oxygen atoms in total. The predicted molar refractivity (Wildman–Crippen MR) is 102 cm³/mol. The van der Waals surface area contributed by atoms with Crippen molar-refractivity contribution >= 4 is 17.8 Å². The fourth-order valence-corrected chi connectivity index (χ4v) is 2.91. The van der Waals surface area contributed by atoms with Crippen molar-refractivity contribution in [2.24, 2.45) is 0 Å². The molecule has 4 amide bonds. The Balaban J connectivity index is 1.92. The molecule has 2 rings (SSSR count). The van der Waals surface area contributed by atoms with Crippen LogP contribution in [0.1, 0.15) is 25.3 Å². The van der Waals surface area contributed by atoms with Crippen molar-refractivity contribution in [3.8, 4) is 5.75 Å². The first-order chi connectivity index (χ1) is 13.1. The van der Waals surface area contributed by atoms with E-state index in [0.717, 1.165) is 17.7 Å². The minimum absolute atomic E-state index is 0.0521. The Morgan fingerprint density at radius 3 is 2.85 bits per heavy atom. The van der Waals surface area contributed by atoms with Crippen LogP contribution in [0.4, 0.5) is 4.79 Å². The van der Waals surface area contributed by atoms with Gasteiger partial charge in [-0.15, -0.1) is 0 Å². The van der Waals surface area contributed by atoms with Gasteiger partial charge in [0, 0.05) is 26.7 Å². The molecule has 1 saturated heterocycles. The third kappa shape index (κ3) is 5.87. The Morgan fingerprint density at radius 1 is 1.33 bits per heavy atom.